The van der Waals surface area contributed by atoms with Crippen molar-refractivity contribution in [3.05, 3.63) is 0 Å². The van der Waals surface area contributed by atoms with E-state index in [0.717, 1.165) is 0 Å². The van der Waals surface area contributed by atoms with Crippen LogP contribution in [0.15, 0.2) is 0 Å². The first-order valence-corrected chi connectivity index (χ1v) is 10.8. The van der Waals surface area contributed by atoms with Crippen LogP contribution in [-0.2, 0) is 19.2 Å². The second-order valence-electron chi connectivity index (χ2n) is 6.58. The number of hydrogen-bond acceptors (Lipinski definition) is 8. The molecule has 3 amide bonds. The van der Waals surface area contributed by atoms with Crippen molar-refractivity contribution in [2.75, 3.05) is 25.1 Å². The highest BCUT2D eigenvalue weighted by Crippen LogP contribution is 2.02. The molecule has 11 nitrogen and oxygen atoms in total. The normalized spacial score (nSPS) is 14.9. The van der Waals surface area contributed by atoms with Gasteiger partial charge in [0.2, 0.25) is 17.7 Å². The smallest absolute Gasteiger partial charge is 0.326 e. The van der Waals surface area contributed by atoms with Gasteiger partial charge in [0, 0.05) is 0 Å². The van der Waals surface area contributed by atoms with Gasteiger partial charge in [-0.2, -0.15) is 11.8 Å². The Bertz CT molecular complexity index is 548. The molecule has 0 rings (SSSR count). The summed E-state index contributed by atoms with van der Waals surface area (Å²) in [6.45, 7) is 1.23. The molecule has 29 heavy (non-hydrogen) atoms. The van der Waals surface area contributed by atoms with E-state index in [4.69, 9.17) is 16.6 Å². The van der Waals surface area contributed by atoms with Gasteiger partial charge in [-0.3, -0.25) is 14.4 Å². The minimum Gasteiger partial charge on any atom is -0.480 e. The summed E-state index contributed by atoms with van der Waals surface area (Å²) < 4.78 is 0. The van der Waals surface area contributed by atoms with E-state index in [0.29, 0.717) is 31.6 Å². The van der Waals surface area contributed by atoms with Crippen molar-refractivity contribution in [1.29, 1.82) is 0 Å². The SMILES string of the molecule is CSCCC(N)C(=O)NC(C(=O)NCC(=O)NC(CCCCN)C(=O)O)C(C)O. The number of unbranched alkanes of at least 4 members (excludes halogenated alkanes) is 1. The lowest BCUT2D eigenvalue weighted by molar-refractivity contribution is -0.142. The number of thioether (sulfide) groups is 1. The van der Waals surface area contributed by atoms with Crippen LogP contribution >= 0.6 is 11.8 Å². The molecule has 4 atom stereocenters. The standard InChI is InChI=1S/C17H33N5O6S/c1-10(23)14(22-15(25)11(19)6-8-29-2)16(26)20-9-13(24)21-12(17(27)28)5-3-4-7-18/h10-12,14,23H,3-9,18-19H2,1-2H3,(H,20,26)(H,21,24)(H,22,25)(H,27,28). The molecular weight excluding hydrogens is 402 g/mol. The zero-order valence-corrected chi connectivity index (χ0v) is 17.7. The summed E-state index contributed by atoms with van der Waals surface area (Å²) in [6.07, 6.45) is 2.43. The maximum atomic E-state index is 12.3. The zero-order chi connectivity index (χ0) is 22.4. The molecule has 0 saturated carbocycles. The number of nitrogens with two attached hydrogens (primary N) is 2. The number of amides is 3. The topological polar surface area (TPSA) is 197 Å². The van der Waals surface area contributed by atoms with Crippen LogP contribution in [0.4, 0.5) is 0 Å². The number of rotatable bonds is 15. The van der Waals surface area contributed by atoms with Crippen molar-refractivity contribution in [2.45, 2.75) is 56.8 Å². The Hall–Kier alpha value is -1.89. The van der Waals surface area contributed by atoms with E-state index in [2.05, 4.69) is 16.0 Å². The molecule has 0 bridgehead atoms. The summed E-state index contributed by atoms with van der Waals surface area (Å²) in [6, 6.07) is -3.22. The maximum Gasteiger partial charge on any atom is 0.326 e. The van der Waals surface area contributed by atoms with Crippen molar-refractivity contribution in [3.63, 3.8) is 0 Å². The Morgan fingerprint density at radius 2 is 1.72 bits per heavy atom. The van der Waals surface area contributed by atoms with Crippen LogP contribution in [0.25, 0.3) is 0 Å². The molecule has 12 heteroatoms. The summed E-state index contributed by atoms with van der Waals surface area (Å²) >= 11 is 1.52. The van der Waals surface area contributed by atoms with Crippen LogP contribution in [0.2, 0.25) is 0 Å². The summed E-state index contributed by atoms with van der Waals surface area (Å²) in [7, 11) is 0. The summed E-state index contributed by atoms with van der Waals surface area (Å²) in [5, 5.41) is 25.9. The van der Waals surface area contributed by atoms with Crippen LogP contribution in [0, 0.1) is 0 Å². The van der Waals surface area contributed by atoms with Crippen molar-refractivity contribution in [1.82, 2.24) is 16.0 Å². The maximum absolute atomic E-state index is 12.3. The Morgan fingerprint density at radius 1 is 1.07 bits per heavy atom. The fourth-order valence-electron chi connectivity index (χ4n) is 2.31. The minimum absolute atomic E-state index is 0.215. The molecule has 0 spiro atoms. The van der Waals surface area contributed by atoms with Crippen LogP contribution in [0.1, 0.15) is 32.6 Å². The van der Waals surface area contributed by atoms with E-state index in [1.807, 2.05) is 6.26 Å². The van der Waals surface area contributed by atoms with Gasteiger partial charge in [0.15, 0.2) is 0 Å². The first-order chi connectivity index (χ1) is 13.6. The molecular formula is C17H33N5O6S. The van der Waals surface area contributed by atoms with Crippen molar-refractivity contribution in [3.8, 4) is 0 Å². The zero-order valence-electron chi connectivity index (χ0n) is 16.8. The Kier molecular flexibility index (Phi) is 14.0. The molecule has 0 aliphatic rings. The largest absolute Gasteiger partial charge is 0.480 e. The number of carboxylic acids is 1. The molecule has 0 aromatic rings. The predicted octanol–water partition coefficient (Wildman–Crippen LogP) is -2.25. The third-order valence-electron chi connectivity index (χ3n) is 4.04. The molecule has 0 aromatic carbocycles. The predicted molar refractivity (Wildman–Crippen MR) is 110 cm³/mol. The molecule has 168 valence electrons. The summed E-state index contributed by atoms with van der Waals surface area (Å²) in [5.41, 5.74) is 11.1. The van der Waals surface area contributed by atoms with Gasteiger partial charge >= 0.3 is 5.97 Å². The number of carbonyl (C=O) groups excluding carboxylic acids is 3. The van der Waals surface area contributed by atoms with E-state index < -0.39 is 54.5 Å². The third-order valence-corrected chi connectivity index (χ3v) is 4.68. The molecule has 4 unspecified atom stereocenters. The molecule has 0 aliphatic heterocycles. The van der Waals surface area contributed by atoms with Gasteiger partial charge in [-0.1, -0.05) is 0 Å². The molecule has 0 aliphatic carbocycles. The Morgan fingerprint density at radius 3 is 2.24 bits per heavy atom. The van der Waals surface area contributed by atoms with E-state index in [9.17, 15) is 24.3 Å². The van der Waals surface area contributed by atoms with Gasteiger partial charge < -0.3 is 37.6 Å². The fraction of sp³-hybridized carbons (Fsp3) is 0.765. The number of hydrogen-bond donors (Lipinski definition) is 7. The lowest BCUT2D eigenvalue weighted by atomic mass is 10.1. The highest BCUT2D eigenvalue weighted by Gasteiger charge is 2.28. The van der Waals surface area contributed by atoms with Crippen LogP contribution in [-0.4, -0.2) is 83.2 Å². The molecule has 9 N–H and O–H groups in total. The van der Waals surface area contributed by atoms with E-state index >= 15 is 0 Å². The molecule has 0 radical (unpaired) electrons. The number of carboxylic acid groups (broad SMARTS) is 1. The monoisotopic (exact) mass is 435 g/mol. The highest BCUT2D eigenvalue weighted by molar-refractivity contribution is 7.98. The van der Waals surface area contributed by atoms with Crippen molar-refractivity contribution < 1.29 is 29.4 Å². The van der Waals surface area contributed by atoms with Gasteiger partial charge in [-0.05, 0) is 51.2 Å². The van der Waals surface area contributed by atoms with Crippen LogP contribution in [0.3, 0.4) is 0 Å². The lowest BCUT2D eigenvalue weighted by Gasteiger charge is -2.23. The second-order valence-corrected chi connectivity index (χ2v) is 7.56. The number of aliphatic carboxylic acids is 1. The highest BCUT2D eigenvalue weighted by atomic mass is 32.2. The van der Waals surface area contributed by atoms with Crippen molar-refractivity contribution in [2.24, 2.45) is 11.5 Å². The number of aliphatic hydroxyl groups is 1. The number of carbonyl (C=O) groups is 4. The van der Waals surface area contributed by atoms with Gasteiger partial charge in [0.1, 0.15) is 12.1 Å². The molecule has 0 heterocycles. The molecule has 0 saturated heterocycles. The quantitative estimate of drug-likeness (QED) is 0.139. The first-order valence-electron chi connectivity index (χ1n) is 9.36. The van der Waals surface area contributed by atoms with Gasteiger partial charge in [0.25, 0.3) is 0 Å². The third kappa shape index (κ3) is 11.6. The second kappa shape index (κ2) is 15.0. The Balaban J connectivity index is 4.65. The Labute approximate surface area is 174 Å². The van der Waals surface area contributed by atoms with E-state index in [1.54, 1.807) is 0 Å². The van der Waals surface area contributed by atoms with E-state index in [-0.39, 0.29) is 6.42 Å². The fourth-order valence-corrected chi connectivity index (χ4v) is 2.80. The minimum atomic E-state index is -1.30. The number of nitrogens with one attached hydrogen (secondary N) is 3. The van der Waals surface area contributed by atoms with E-state index in [1.165, 1.54) is 18.7 Å². The van der Waals surface area contributed by atoms with Gasteiger partial charge in [-0.25, -0.2) is 4.79 Å². The molecule has 0 fully saturated rings. The number of aliphatic hydroxyl groups excluding tert-OH is 1. The average Bonchev–Trinajstić information content (AvgIpc) is 2.66. The lowest BCUT2D eigenvalue weighted by Crippen LogP contribution is -2.57. The molecule has 0 aromatic heterocycles. The average molecular weight is 436 g/mol. The first kappa shape index (κ1) is 27.1. The summed E-state index contributed by atoms with van der Waals surface area (Å²) in [4.78, 5) is 47.5. The van der Waals surface area contributed by atoms with Gasteiger partial charge in [-0.15, -0.1) is 0 Å². The summed E-state index contributed by atoms with van der Waals surface area (Å²) in [5.74, 6) is -2.59. The van der Waals surface area contributed by atoms with Crippen molar-refractivity contribution >= 4 is 35.5 Å². The van der Waals surface area contributed by atoms with Gasteiger partial charge in [0.05, 0.1) is 18.7 Å². The van der Waals surface area contributed by atoms with Crippen LogP contribution in [0.5, 0.6) is 0 Å². The van der Waals surface area contributed by atoms with Crippen LogP contribution < -0.4 is 27.4 Å².